The molecule has 0 saturated heterocycles. The van der Waals surface area contributed by atoms with Gasteiger partial charge in [-0.25, -0.2) is 15.0 Å². The molecule has 0 spiro atoms. The first-order chi connectivity index (χ1) is 15.1. The summed E-state index contributed by atoms with van der Waals surface area (Å²) in [4.78, 5) is 38.7. The number of halogens is 3. The van der Waals surface area contributed by atoms with Crippen molar-refractivity contribution in [1.29, 1.82) is 0 Å². The van der Waals surface area contributed by atoms with Gasteiger partial charge in [0.05, 0.1) is 35.2 Å². The van der Waals surface area contributed by atoms with Crippen LogP contribution in [-0.2, 0) is 21.6 Å². The minimum Gasteiger partial charge on any atom is -0.443 e. The predicted molar refractivity (Wildman–Crippen MR) is 117 cm³/mol. The highest BCUT2D eigenvalue weighted by Gasteiger charge is 2.43. The van der Waals surface area contributed by atoms with E-state index in [1.807, 2.05) is 0 Å². The Morgan fingerprint density at radius 3 is 2.45 bits per heavy atom. The first-order valence-electron chi connectivity index (χ1n) is 10.2. The number of alkyl halides is 3. The number of aromatic nitrogens is 2. The lowest BCUT2D eigenvalue weighted by molar-refractivity contribution is -0.325. The molecule has 1 N–H and O–H groups in total. The van der Waals surface area contributed by atoms with Crippen molar-refractivity contribution in [3.05, 3.63) is 31.3 Å². The highest BCUT2D eigenvalue weighted by atomic mass is 32.1. The van der Waals surface area contributed by atoms with E-state index in [1.165, 1.54) is 6.21 Å². The molecule has 1 aliphatic rings. The summed E-state index contributed by atoms with van der Waals surface area (Å²) in [6.07, 6.45) is -3.08. The van der Waals surface area contributed by atoms with Crippen LogP contribution in [0, 0.1) is 6.92 Å². The van der Waals surface area contributed by atoms with Crippen LogP contribution >= 0.6 is 11.3 Å². The second kappa shape index (κ2) is 8.60. The van der Waals surface area contributed by atoms with Crippen molar-refractivity contribution < 1.29 is 27.4 Å². The maximum absolute atomic E-state index is 13.2. The Labute approximate surface area is 190 Å². The van der Waals surface area contributed by atoms with Gasteiger partial charge in [-0.05, 0) is 53.0 Å². The number of hydrogen-bond donors (Lipinski definition) is 1. The number of carbonyl (C=O) groups excluding carboxylic acids is 1. The molecule has 182 valence electrons. The third kappa shape index (κ3) is 5.64. The molecule has 0 bridgehead atoms. The summed E-state index contributed by atoms with van der Waals surface area (Å²) in [6.45, 7) is 7.31. The second-order valence-corrected chi connectivity index (χ2v) is 10.0. The standard InChI is InChI=1S/C20H25F3N4O5S/c1-11-12(10-24-25-16(29)32-18(2,3)4)33-15-13(11)14(28)27(19(5)6-7-19)17(30)26(15)8-9-31-20(21,22)23/h10H,6-9H2,1-5H3,(H,25,29)/b24-10+. The molecule has 2 heterocycles. The van der Waals surface area contributed by atoms with E-state index in [9.17, 15) is 27.6 Å². The van der Waals surface area contributed by atoms with Gasteiger partial charge in [0.25, 0.3) is 5.56 Å². The molecule has 0 atom stereocenters. The summed E-state index contributed by atoms with van der Waals surface area (Å²) in [5, 5.41) is 4.05. The summed E-state index contributed by atoms with van der Waals surface area (Å²) in [5.41, 5.74) is 0.137. The molecule has 2 aromatic heterocycles. The lowest BCUT2D eigenvalue weighted by atomic mass is 10.2. The monoisotopic (exact) mass is 490 g/mol. The van der Waals surface area contributed by atoms with E-state index in [-0.39, 0.29) is 10.2 Å². The van der Waals surface area contributed by atoms with E-state index in [0.717, 1.165) is 20.5 Å². The number of aryl methyl sites for hydroxylation is 1. The number of thiophene rings is 1. The van der Waals surface area contributed by atoms with E-state index in [0.29, 0.717) is 23.3 Å². The first-order valence-corrected chi connectivity index (χ1v) is 11.0. The number of fused-ring (bicyclic) bond motifs is 1. The van der Waals surface area contributed by atoms with Crippen LogP contribution in [0.3, 0.4) is 0 Å². The van der Waals surface area contributed by atoms with Crippen LogP contribution in [0.1, 0.15) is 51.0 Å². The largest absolute Gasteiger partial charge is 0.522 e. The average molecular weight is 491 g/mol. The second-order valence-electron chi connectivity index (χ2n) is 9.01. The summed E-state index contributed by atoms with van der Waals surface area (Å²) in [7, 11) is 0. The minimum atomic E-state index is -4.84. The Hall–Kier alpha value is -2.67. The summed E-state index contributed by atoms with van der Waals surface area (Å²) in [6, 6.07) is 0. The molecule has 1 fully saturated rings. The number of ether oxygens (including phenoxy) is 2. The van der Waals surface area contributed by atoms with Crippen molar-refractivity contribution in [1.82, 2.24) is 14.6 Å². The van der Waals surface area contributed by atoms with Gasteiger partial charge in [-0.3, -0.25) is 18.7 Å². The van der Waals surface area contributed by atoms with Gasteiger partial charge in [0.15, 0.2) is 0 Å². The molecule has 0 aromatic carbocycles. The van der Waals surface area contributed by atoms with Crippen molar-refractivity contribution in [3.63, 3.8) is 0 Å². The predicted octanol–water partition coefficient (Wildman–Crippen LogP) is 3.44. The zero-order valence-corrected chi connectivity index (χ0v) is 19.6. The van der Waals surface area contributed by atoms with Gasteiger partial charge < -0.3 is 4.74 Å². The molecule has 3 rings (SSSR count). The molecule has 2 aromatic rings. The molecule has 0 radical (unpaired) electrons. The van der Waals surface area contributed by atoms with Gasteiger partial charge in [-0.1, -0.05) is 0 Å². The Morgan fingerprint density at radius 2 is 1.91 bits per heavy atom. The SMILES string of the molecule is Cc1c(/C=N/NC(=O)OC(C)(C)C)sc2c1c(=O)n(C1(C)CC1)c(=O)n2CCOC(F)(F)F. The number of hydrogen-bond acceptors (Lipinski definition) is 7. The first kappa shape index (κ1) is 25.0. The molecule has 1 aliphatic carbocycles. The van der Waals surface area contributed by atoms with Crippen LogP contribution < -0.4 is 16.7 Å². The molecule has 1 amide bonds. The van der Waals surface area contributed by atoms with Crippen LogP contribution in [0.15, 0.2) is 14.7 Å². The fourth-order valence-corrected chi connectivity index (χ4v) is 4.45. The van der Waals surface area contributed by atoms with E-state index in [1.54, 1.807) is 34.6 Å². The molecule has 13 heteroatoms. The van der Waals surface area contributed by atoms with Crippen molar-refractivity contribution in [2.24, 2.45) is 5.10 Å². The zero-order chi connectivity index (χ0) is 24.8. The van der Waals surface area contributed by atoms with E-state index >= 15 is 0 Å². The van der Waals surface area contributed by atoms with Gasteiger partial charge in [-0.15, -0.1) is 24.5 Å². The van der Waals surface area contributed by atoms with Gasteiger partial charge in [0.1, 0.15) is 10.4 Å². The van der Waals surface area contributed by atoms with Crippen LogP contribution in [0.25, 0.3) is 10.2 Å². The number of nitrogens with one attached hydrogen (secondary N) is 1. The Balaban J connectivity index is 2.02. The normalized spacial score (nSPS) is 15.9. The number of hydrazone groups is 1. The molecule has 1 saturated carbocycles. The van der Waals surface area contributed by atoms with Crippen LogP contribution in [0.5, 0.6) is 0 Å². The molecule has 0 unspecified atom stereocenters. The molecular weight excluding hydrogens is 465 g/mol. The third-order valence-corrected chi connectivity index (χ3v) is 6.33. The number of rotatable bonds is 6. The van der Waals surface area contributed by atoms with E-state index in [4.69, 9.17) is 4.74 Å². The maximum atomic E-state index is 13.2. The fraction of sp³-hybridized carbons (Fsp3) is 0.600. The minimum absolute atomic E-state index is 0.215. The average Bonchev–Trinajstić information content (AvgIpc) is 3.29. The number of amides is 1. The molecule has 9 nitrogen and oxygen atoms in total. The fourth-order valence-electron chi connectivity index (χ4n) is 3.26. The van der Waals surface area contributed by atoms with Crippen LogP contribution in [-0.4, -0.2) is 40.0 Å². The lowest BCUT2D eigenvalue weighted by Gasteiger charge is -2.18. The lowest BCUT2D eigenvalue weighted by Crippen LogP contribution is -2.45. The van der Waals surface area contributed by atoms with Gasteiger partial charge >= 0.3 is 18.1 Å². The number of nitrogens with zero attached hydrogens (tertiary/aromatic N) is 3. The summed E-state index contributed by atoms with van der Waals surface area (Å²) < 4.78 is 48.6. The summed E-state index contributed by atoms with van der Waals surface area (Å²) in [5.74, 6) is 0. The topological polar surface area (TPSA) is 104 Å². The van der Waals surface area contributed by atoms with Crippen molar-refractivity contribution in [2.45, 2.75) is 71.5 Å². The number of carbonyl (C=O) groups is 1. The highest BCUT2D eigenvalue weighted by molar-refractivity contribution is 7.20. The zero-order valence-electron chi connectivity index (χ0n) is 18.8. The Bertz CT molecular complexity index is 1220. The van der Waals surface area contributed by atoms with E-state index in [2.05, 4.69) is 15.3 Å². The Morgan fingerprint density at radius 1 is 1.27 bits per heavy atom. The van der Waals surface area contributed by atoms with Gasteiger partial charge in [-0.2, -0.15) is 5.10 Å². The molecule has 0 aliphatic heterocycles. The van der Waals surface area contributed by atoms with Crippen LogP contribution in [0.2, 0.25) is 0 Å². The van der Waals surface area contributed by atoms with E-state index < -0.39 is 48.0 Å². The smallest absolute Gasteiger partial charge is 0.443 e. The molecular formula is C20H25F3N4O5S. The van der Waals surface area contributed by atoms with Crippen molar-refractivity contribution in [3.8, 4) is 0 Å². The van der Waals surface area contributed by atoms with Crippen molar-refractivity contribution in [2.75, 3.05) is 6.61 Å². The molecule has 33 heavy (non-hydrogen) atoms. The Kier molecular flexibility index (Phi) is 6.50. The van der Waals surface area contributed by atoms with Crippen LogP contribution in [0.4, 0.5) is 18.0 Å². The maximum Gasteiger partial charge on any atom is 0.522 e. The van der Waals surface area contributed by atoms with Gasteiger partial charge in [0, 0.05) is 0 Å². The van der Waals surface area contributed by atoms with Crippen molar-refractivity contribution >= 4 is 33.9 Å². The third-order valence-electron chi connectivity index (χ3n) is 5.08. The van der Waals surface area contributed by atoms with Gasteiger partial charge in [0.2, 0.25) is 0 Å². The quantitative estimate of drug-likeness (QED) is 0.494. The highest BCUT2D eigenvalue weighted by Crippen LogP contribution is 2.41. The summed E-state index contributed by atoms with van der Waals surface area (Å²) >= 11 is 1.01.